The molecule has 3 N–H and O–H groups in total. The van der Waals surface area contributed by atoms with Crippen LogP contribution >= 0.6 is 0 Å². The van der Waals surface area contributed by atoms with Gasteiger partial charge in [-0.3, -0.25) is 14.5 Å². The van der Waals surface area contributed by atoms with Gasteiger partial charge in [0.1, 0.15) is 11.2 Å². The van der Waals surface area contributed by atoms with Crippen molar-refractivity contribution >= 4 is 44.8 Å². The second-order valence-electron chi connectivity index (χ2n) is 11.4. The van der Waals surface area contributed by atoms with E-state index in [1.54, 1.807) is 12.1 Å². The number of piperazine rings is 1. The fourth-order valence-electron chi connectivity index (χ4n) is 5.20. The molecule has 2 amide bonds. The molecule has 0 spiro atoms. The van der Waals surface area contributed by atoms with E-state index < -0.39 is 38.9 Å². The van der Waals surface area contributed by atoms with Crippen molar-refractivity contribution < 1.29 is 31.5 Å². The van der Waals surface area contributed by atoms with Crippen LogP contribution < -0.4 is 20.7 Å². The molecule has 47 heavy (non-hydrogen) atoms. The summed E-state index contributed by atoms with van der Waals surface area (Å²) in [4.78, 5) is 37.4. The van der Waals surface area contributed by atoms with Crippen LogP contribution in [0, 0.1) is 17.0 Å². The summed E-state index contributed by atoms with van der Waals surface area (Å²) < 4.78 is 62.6. The standard InChI is InChI=1S/C32H31F2N7O5S/c1-39-15-17-40(18-16-39)47(44,45)25-4-2-3-22(19-25)37-31-36-14-11-28(38-31)46-27-10-9-24(20-26(27)34)41(23-7-5-21(33)6-8-23)30(43)32(12-13-32)29(35)42/h2-11,14,19-20H,12-13,15-18H2,1H3,(H2,35,42)(H,36,37,38). The minimum absolute atomic E-state index is 0.0208. The number of benzene rings is 3. The van der Waals surface area contributed by atoms with Gasteiger partial charge in [0, 0.05) is 55.9 Å². The maximum atomic E-state index is 15.5. The molecule has 1 saturated carbocycles. The highest BCUT2D eigenvalue weighted by molar-refractivity contribution is 7.89. The topological polar surface area (TPSA) is 151 Å². The molecule has 2 fully saturated rings. The van der Waals surface area contributed by atoms with Crippen molar-refractivity contribution in [3.05, 3.63) is 90.6 Å². The number of hydrogen-bond acceptors (Lipinski definition) is 9. The first-order valence-corrected chi connectivity index (χ1v) is 16.2. The highest BCUT2D eigenvalue weighted by Crippen LogP contribution is 2.49. The van der Waals surface area contributed by atoms with Gasteiger partial charge in [0.2, 0.25) is 33.7 Å². The second kappa shape index (κ2) is 12.7. The van der Waals surface area contributed by atoms with Crippen molar-refractivity contribution in [2.75, 3.05) is 43.4 Å². The Morgan fingerprint density at radius 1 is 0.957 bits per heavy atom. The van der Waals surface area contributed by atoms with Gasteiger partial charge in [-0.1, -0.05) is 6.07 Å². The number of rotatable bonds is 10. The van der Waals surface area contributed by atoms with Crippen molar-refractivity contribution in [1.29, 1.82) is 0 Å². The number of carbonyl (C=O) groups is 2. The van der Waals surface area contributed by atoms with Gasteiger partial charge in [-0.2, -0.15) is 9.29 Å². The van der Waals surface area contributed by atoms with Gasteiger partial charge in [-0.05, 0) is 74.5 Å². The summed E-state index contributed by atoms with van der Waals surface area (Å²) in [5, 5.41) is 2.96. The Balaban J connectivity index is 1.20. The molecule has 0 radical (unpaired) electrons. The Bertz CT molecular complexity index is 1930. The summed E-state index contributed by atoms with van der Waals surface area (Å²) >= 11 is 0. The number of amides is 2. The van der Waals surface area contributed by atoms with Crippen LogP contribution in [-0.4, -0.2) is 72.6 Å². The SMILES string of the molecule is CN1CCN(S(=O)(=O)c2cccc(Nc3nccc(Oc4ccc(N(C(=O)C5(C(N)=O)CC5)c5ccc(F)cc5)cc4F)n3)c2)CC1. The Hall–Kier alpha value is -4.99. The molecule has 2 aliphatic rings. The number of carbonyl (C=O) groups excluding carboxylic acids is 2. The molecule has 1 saturated heterocycles. The summed E-state index contributed by atoms with van der Waals surface area (Å²) in [5.74, 6) is -2.98. The van der Waals surface area contributed by atoms with Gasteiger partial charge >= 0.3 is 0 Å². The fourth-order valence-corrected chi connectivity index (χ4v) is 6.67. The molecule has 244 valence electrons. The van der Waals surface area contributed by atoms with E-state index in [0.29, 0.717) is 31.9 Å². The molecule has 0 unspecified atom stereocenters. The Morgan fingerprint density at radius 2 is 1.66 bits per heavy atom. The number of aromatic nitrogens is 2. The number of nitrogens with zero attached hydrogens (tertiary/aromatic N) is 5. The van der Waals surface area contributed by atoms with Gasteiger partial charge in [-0.25, -0.2) is 22.2 Å². The quantitative estimate of drug-likeness (QED) is 0.239. The lowest BCUT2D eigenvalue weighted by Gasteiger charge is -2.31. The molecule has 1 aliphatic carbocycles. The van der Waals surface area contributed by atoms with Gasteiger partial charge < -0.3 is 20.7 Å². The van der Waals surface area contributed by atoms with E-state index >= 15 is 4.39 Å². The molecule has 1 aromatic heterocycles. The Kier molecular flexibility index (Phi) is 8.61. The lowest BCUT2D eigenvalue weighted by molar-refractivity contribution is -0.133. The molecule has 15 heteroatoms. The van der Waals surface area contributed by atoms with E-state index in [0.717, 1.165) is 23.1 Å². The van der Waals surface area contributed by atoms with Crippen LogP contribution in [0.1, 0.15) is 12.8 Å². The number of halogens is 2. The van der Waals surface area contributed by atoms with Crippen LogP contribution in [0.25, 0.3) is 0 Å². The highest BCUT2D eigenvalue weighted by atomic mass is 32.2. The molecular formula is C32H31F2N7O5S. The zero-order valence-corrected chi connectivity index (χ0v) is 26.1. The number of ether oxygens (including phenoxy) is 1. The first-order valence-electron chi connectivity index (χ1n) is 14.7. The predicted octanol–water partition coefficient (Wildman–Crippen LogP) is 4.16. The van der Waals surface area contributed by atoms with Gasteiger partial charge in [0.05, 0.1) is 10.6 Å². The average molecular weight is 664 g/mol. The lowest BCUT2D eigenvalue weighted by atomic mass is 10.0. The molecule has 12 nitrogen and oxygen atoms in total. The van der Waals surface area contributed by atoms with Crippen LogP contribution in [0.2, 0.25) is 0 Å². The summed E-state index contributed by atoms with van der Waals surface area (Å²) in [7, 11) is -1.76. The summed E-state index contributed by atoms with van der Waals surface area (Å²) in [6.45, 7) is 2.07. The van der Waals surface area contributed by atoms with Crippen molar-refractivity contribution in [3.8, 4) is 11.6 Å². The van der Waals surface area contributed by atoms with Gasteiger partial charge in [0.15, 0.2) is 11.6 Å². The molecular weight excluding hydrogens is 632 g/mol. The van der Waals surface area contributed by atoms with E-state index in [4.69, 9.17) is 10.5 Å². The molecule has 2 heterocycles. The zero-order chi connectivity index (χ0) is 33.3. The zero-order valence-electron chi connectivity index (χ0n) is 25.3. The van der Waals surface area contributed by atoms with Crippen LogP contribution in [-0.2, 0) is 19.6 Å². The van der Waals surface area contributed by atoms with Crippen LogP contribution in [0.15, 0.2) is 83.9 Å². The monoisotopic (exact) mass is 663 g/mol. The highest BCUT2D eigenvalue weighted by Gasteiger charge is 2.57. The van der Waals surface area contributed by atoms with Crippen LogP contribution in [0.3, 0.4) is 0 Å². The first-order chi connectivity index (χ1) is 22.5. The normalized spacial score (nSPS) is 16.3. The van der Waals surface area contributed by atoms with E-state index in [9.17, 15) is 22.4 Å². The third-order valence-corrected chi connectivity index (χ3v) is 10.0. The van der Waals surface area contributed by atoms with E-state index in [2.05, 4.69) is 20.2 Å². The van der Waals surface area contributed by atoms with Crippen molar-refractivity contribution in [3.63, 3.8) is 0 Å². The third-order valence-electron chi connectivity index (χ3n) is 8.13. The maximum absolute atomic E-state index is 15.5. The summed E-state index contributed by atoms with van der Waals surface area (Å²) in [6, 6.07) is 16.4. The number of sulfonamides is 1. The van der Waals surface area contributed by atoms with Crippen molar-refractivity contribution in [2.45, 2.75) is 17.7 Å². The van der Waals surface area contributed by atoms with Gasteiger partial charge in [-0.15, -0.1) is 0 Å². The number of primary amides is 1. The number of hydrogen-bond donors (Lipinski definition) is 2. The lowest BCUT2D eigenvalue weighted by Crippen LogP contribution is -2.47. The second-order valence-corrected chi connectivity index (χ2v) is 13.3. The number of anilines is 4. The molecule has 3 aromatic carbocycles. The molecule has 0 atom stereocenters. The van der Waals surface area contributed by atoms with Gasteiger partial charge in [0.25, 0.3) is 0 Å². The number of nitrogens with one attached hydrogen (secondary N) is 1. The Labute approximate surface area is 269 Å². The molecule has 1 aliphatic heterocycles. The average Bonchev–Trinajstić information content (AvgIpc) is 3.87. The van der Waals surface area contributed by atoms with Crippen LogP contribution in [0.5, 0.6) is 11.6 Å². The molecule has 0 bridgehead atoms. The maximum Gasteiger partial charge on any atom is 0.247 e. The Morgan fingerprint density at radius 3 is 2.32 bits per heavy atom. The van der Waals surface area contributed by atoms with Crippen molar-refractivity contribution in [2.24, 2.45) is 11.1 Å². The summed E-state index contributed by atoms with van der Waals surface area (Å²) in [6.07, 6.45) is 1.89. The van der Waals surface area contributed by atoms with E-state index in [-0.39, 0.29) is 46.7 Å². The molecule has 6 rings (SSSR count). The van der Waals surface area contributed by atoms with Crippen LogP contribution in [0.4, 0.5) is 31.8 Å². The molecule has 4 aromatic rings. The minimum Gasteiger partial charge on any atom is -0.436 e. The largest absolute Gasteiger partial charge is 0.436 e. The smallest absolute Gasteiger partial charge is 0.247 e. The van der Waals surface area contributed by atoms with E-state index in [1.165, 1.54) is 53.0 Å². The fraction of sp³-hybridized carbons (Fsp3) is 0.250. The van der Waals surface area contributed by atoms with Crippen molar-refractivity contribution in [1.82, 2.24) is 19.2 Å². The number of likely N-dealkylation sites (N-methyl/N-ethyl adjacent to an activating group) is 1. The third kappa shape index (κ3) is 6.63. The predicted molar refractivity (Wildman–Crippen MR) is 169 cm³/mol. The van der Waals surface area contributed by atoms with E-state index in [1.807, 2.05) is 7.05 Å². The first kappa shape index (κ1) is 32.0. The number of nitrogens with two attached hydrogens (primary N) is 1. The summed E-state index contributed by atoms with van der Waals surface area (Å²) in [5.41, 5.74) is 4.83. The minimum atomic E-state index is -3.70.